The molecule has 0 aliphatic carbocycles. The third kappa shape index (κ3) is 3.80. The van der Waals surface area contributed by atoms with Crippen LogP contribution < -0.4 is 5.32 Å². The minimum atomic E-state index is -0.136. The molecule has 2 aromatic rings. The van der Waals surface area contributed by atoms with E-state index >= 15 is 0 Å². The number of aromatic nitrogens is 2. The van der Waals surface area contributed by atoms with Gasteiger partial charge in [0.25, 0.3) is 0 Å². The summed E-state index contributed by atoms with van der Waals surface area (Å²) in [6.45, 7) is 7.42. The number of anilines is 1. The molecule has 1 atom stereocenters. The first-order chi connectivity index (χ1) is 10.2. The average molecular weight is 350 g/mol. The van der Waals surface area contributed by atoms with Gasteiger partial charge in [-0.25, -0.2) is 9.97 Å². The highest BCUT2D eigenvalue weighted by molar-refractivity contribution is 9.10. The summed E-state index contributed by atoms with van der Waals surface area (Å²) < 4.78 is 6.50. The van der Waals surface area contributed by atoms with Crippen LogP contribution >= 0.6 is 15.9 Å². The molecule has 0 spiro atoms. The van der Waals surface area contributed by atoms with Gasteiger partial charge in [0.05, 0.1) is 10.2 Å². The monoisotopic (exact) mass is 349 g/mol. The van der Waals surface area contributed by atoms with Crippen molar-refractivity contribution in [3.05, 3.63) is 40.6 Å². The number of nitrogens with one attached hydrogen (secondary N) is 1. The van der Waals surface area contributed by atoms with Crippen LogP contribution in [-0.4, -0.2) is 23.1 Å². The van der Waals surface area contributed by atoms with Gasteiger partial charge < -0.3 is 10.1 Å². The fraction of sp³-hybridized carbons (Fsp3) is 0.375. The molecule has 1 heterocycles. The van der Waals surface area contributed by atoms with Crippen molar-refractivity contribution in [1.29, 1.82) is 0 Å². The van der Waals surface area contributed by atoms with Gasteiger partial charge in [-0.2, -0.15) is 0 Å². The van der Waals surface area contributed by atoms with E-state index in [-0.39, 0.29) is 6.10 Å². The van der Waals surface area contributed by atoms with Crippen molar-refractivity contribution in [3.63, 3.8) is 0 Å². The molecular weight excluding hydrogens is 330 g/mol. The van der Waals surface area contributed by atoms with Gasteiger partial charge in [-0.15, -0.1) is 0 Å². The van der Waals surface area contributed by atoms with Crippen molar-refractivity contribution >= 4 is 21.7 Å². The topological polar surface area (TPSA) is 47.0 Å². The van der Waals surface area contributed by atoms with E-state index in [9.17, 15) is 0 Å². The maximum absolute atomic E-state index is 5.62. The van der Waals surface area contributed by atoms with Gasteiger partial charge in [0.1, 0.15) is 11.9 Å². The third-order valence-electron chi connectivity index (χ3n) is 3.04. The average Bonchev–Trinajstić information content (AvgIpc) is 2.50. The molecular formula is C16H20BrN3O. The fourth-order valence-corrected chi connectivity index (χ4v) is 2.59. The fourth-order valence-electron chi connectivity index (χ4n) is 2.04. The van der Waals surface area contributed by atoms with Crippen molar-refractivity contribution in [1.82, 2.24) is 9.97 Å². The van der Waals surface area contributed by atoms with Crippen LogP contribution in [0.2, 0.25) is 0 Å². The highest BCUT2D eigenvalue weighted by Gasteiger charge is 2.17. The summed E-state index contributed by atoms with van der Waals surface area (Å²) in [7, 11) is 0. The molecule has 1 aromatic heterocycles. The molecule has 0 radical (unpaired) electrons. The molecule has 0 fully saturated rings. The number of hydrogen-bond acceptors (Lipinski definition) is 4. The largest absolute Gasteiger partial charge is 0.371 e. The molecule has 0 aliphatic heterocycles. The van der Waals surface area contributed by atoms with Crippen molar-refractivity contribution < 1.29 is 4.74 Å². The van der Waals surface area contributed by atoms with Crippen LogP contribution in [0.15, 0.2) is 34.8 Å². The first-order valence-corrected chi connectivity index (χ1v) is 7.95. The molecule has 21 heavy (non-hydrogen) atoms. The predicted octanol–water partition coefficient (Wildman–Crippen LogP) is 4.44. The van der Waals surface area contributed by atoms with Crippen LogP contribution in [0.5, 0.6) is 0 Å². The van der Waals surface area contributed by atoms with Crippen molar-refractivity contribution in [3.8, 4) is 11.3 Å². The standard InChI is InChI=1S/C16H20BrN3O/c1-4-18-16-13(17)14(12-9-7-6-8-10-12)19-15(20-16)11(3)21-5-2/h6-11H,4-5H2,1-3H3,(H,18,19,20). The summed E-state index contributed by atoms with van der Waals surface area (Å²) in [6, 6.07) is 10.1. The molecule has 0 amide bonds. The zero-order valence-electron chi connectivity index (χ0n) is 12.6. The Balaban J connectivity index is 2.52. The van der Waals surface area contributed by atoms with Crippen LogP contribution in [0.3, 0.4) is 0 Å². The molecule has 1 unspecified atom stereocenters. The molecule has 0 bridgehead atoms. The zero-order valence-corrected chi connectivity index (χ0v) is 14.1. The second kappa shape index (κ2) is 7.52. The highest BCUT2D eigenvalue weighted by Crippen LogP contribution is 2.32. The van der Waals surface area contributed by atoms with Crippen LogP contribution in [0.25, 0.3) is 11.3 Å². The summed E-state index contributed by atoms with van der Waals surface area (Å²) in [5, 5.41) is 3.27. The maximum atomic E-state index is 5.62. The second-order valence-electron chi connectivity index (χ2n) is 4.59. The second-order valence-corrected chi connectivity index (χ2v) is 5.38. The molecule has 4 nitrogen and oxygen atoms in total. The number of benzene rings is 1. The van der Waals surface area contributed by atoms with Gasteiger partial charge in [-0.05, 0) is 36.7 Å². The lowest BCUT2D eigenvalue weighted by Gasteiger charge is -2.16. The molecule has 5 heteroatoms. The summed E-state index contributed by atoms with van der Waals surface area (Å²) in [5.74, 6) is 1.49. The minimum Gasteiger partial charge on any atom is -0.371 e. The normalized spacial score (nSPS) is 12.2. The first-order valence-electron chi connectivity index (χ1n) is 7.15. The van der Waals surface area contributed by atoms with Gasteiger partial charge in [0, 0.05) is 18.7 Å². The van der Waals surface area contributed by atoms with Crippen LogP contribution in [0, 0.1) is 0 Å². The van der Waals surface area contributed by atoms with E-state index in [0.717, 1.165) is 28.1 Å². The van der Waals surface area contributed by atoms with Crippen LogP contribution in [0.1, 0.15) is 32.7 Å². The smallest absolute Gasteiger partial charge is 0.159 e. The number of halogens is 1. The predicted molar refractivity (Wildman–Crippen MR) is 89.4 cm³/mol. The maximum Gasteiger partial charge on any atom is 0.159 e. The molecule has 0 saturated heterocycles. The van der Waals surface area contributed by atoms with Gasteiger partial charge in [0.15, 0.2) is 5.82 Å². The van der Waals surface area contributed by atoms with Crippen molar-refractivity contribution in [2.75, 3.05) is 18.5 Å². The SMILES string of the molecule is CCNc1nc(C(C)OCC)nc(-c2ccccc2)c1Br. The van der Waals surface area contributed by atoms with E-state index in [1.807, 2.05) is 51.1 Å². The van der Waals surface area contributed by atoms with E-state index in [1.165, 1.54) is 0 Å². The lowest BCUT2D eigenvalue weighted by molar-refractivity contribution is 0.0702. The molecule has 1 aromatic carbocycles. The van der Waals surface area contributed by atoms with Crippen molar-refractivity contribution in [2.24, 2.45) is 0 Å². The van der Waals surface area contributed by atoms with Gasteiger partial charge in [-0.3, -0.25) is 0 Å². The van der Waals surface area contributed by atoms with E-state index < -0.39 is 0 Å². The molecule has 1 N–H and O–H groups in total. The number of hydrogen-bond donors (Lipinski definition) is 1. The summed E-state index contributed by atoms with van der Waals surface area (Å²) in [6.07, 6.45) is -0.136. The van der Waals surface area contributed by atoms with E-state index in [0.29, 0.717) is 12.4 Å². The third-order valence-corrected chi connectivity index (χ3v) is 3.79. The quantitative estimate of drug-likeness (QED) is 0.837. The first kappa shape index (κ1) is 15.9. The summed E-state index contributed by atoms with van der Waals surface area (Å²) in [4.78, 5) is 9.25. The molecule has 0 saturated carbocycles. The molecule has 2 rings (SSSR count). The highest BCUT2D eigenvalue weighted by atomic mass is 79.9. The van der Waals surface area contributed by atoms with Crippen LogP contribution in [0.4, 0.5) is 5.82 Å². The Morgan fingerprint density at radius 3 is 2.52 bits per heavy atom. The number of nitrogens with zero attached hydrogens (tertiary/aromatic N) is 2. The van der Waals surface area contributed by atoms with E-state index in [2.05, 4.69) is 31.2 Å². The van der Waals surface area contributed by atoms with E-state index in [4.69, 9.17) is 4.74 Å². The Labute approximate surface area is 134 Å². The Bertz CT molecular complexity index is 590. The number of rotatable bonds is 6. The minimum absolute atomic E-state index is 0.136. The Hall–Kier alpha value is -1.46. The number of ether oxygens (including phenoxy) is 1. The summed E-state index contributed by atoms with van der Waals surface area (Å²) in [5.41, 5.74) is 1.93. The summed E-state index contributed by atoms with van der Waals surface area (Å²) >= 11 is 3.61. The van der Waals surface area contributed by atoms with Gasteiger partial charge in [0.2, 0.25) is 0 Å². The molecule has 0 aliphatic rings. The Kier molecular flexibility index (Phi) is 5.70. The zero-order chi connectivity index (χ0) is 15.2. The van der Waals surface area contributed by atoms with E-state index in [1.54, 1.807) is 0 Å². The lowest BCUT2D eigenvalue weighted by atomic mass is 10.1. The van der Waals surface area contributed by atoms with Gasteiger partial charge >= 0.3 is 0 Å². The lowest BCUT2D eigenvalue weighted by Crippen LogP contribution is -2.10. The van der Waals surface area contributed by atoms with Crippen LogP contribution in [-0.2, 0) is 4.74 Å². The van der Waals surface area contributed by atoms with Crippen molar-refractivity contribution in [2.45, 2.75) is 26.9 Å². The van der Waals surface area contributed by atoms with Gasteiger partial charge in [-0.1, -0.05) is 30.3 Å². The Morgan fingerprint density at radius 2 is 1.90 bits per heavy atom. The Morgan fingerprint density at radius 1 is 1.19 bits per heavy atom. The molecule has 112 valence electrons.